The van der Waals surface area contributed by atoms with Crippen LogP contribution >= 0.6 is 11.8 Å². The van der Waals surface area contributed by atoms with Gasteiger partial charge in [-0.05, 0) is 17.7 Å². The Morgan fingerprint density at radius 3 is 2.86 bits per heavy atom. The second-order valence-corrected chi connectivity index (χ2v) is 5.57. The first-order valence-electron chi connectivity index (χ1n) is 6.82. The molecule has 0 saturated carbocycles. The zero-order chi connectivity index (χ0) is 15.2. The first-order valence-corrected chi connectivity index (χ1v) is 7.81. The van der Waals surface area contributed by atoms with Crippen molar-refractivity contribution in [3.05, 3.63) is 66.5 Å². The van der Waals surface area contributed by atoms with Crippen molar-refractivity contribution in [2.75, 3.05) is 5.75 Å². The van der Waals surface area contributed by atoms with E-state index in [9.17, 15) is 4.79 Å². The highest BCUT2D eigenvalue weighted by molar-refractivity contribution is 7.99. The molecule has 0 bridgehead atoms. The summed E-state index contributed by atoms with van der Waals surface area (Å²) in [7, 11) is 0. The Morgan fingerprint density at radius 1 is 1.18 bits per heavy atom. The van der Waals surface area contributed by atoms with E-state index in [0.29, 0.717) is 6.61 Å². The molecule has 1 N–H and O–H groups in total. The van der Waals surface area contributed by atoms with Crippen molar-refractivity contribution >= 4 is 23.2 Å². The molecule has 3 aromatic rings. The molecule has 3 rings (SSSR count). The van der Waals surface area contributed by atoms with Crippen LogP contribution in [0.5, 0.6) is 0 Å². The third-order valence-corrected chi connectivity index (χ3v) is 3.97. The number of carbonyl (C=O) groups excluding carboxylic acids is 1. The summed E-state index contributed by atoms with van der Waals surface area (Å²) in [5.74, 6) is 0.0663. The van der Waals surface area contributed by atoms with Crippen LogP contribution in [0, 0.1) is 0 Å². The Balaban J connectivity index is 1.46. The van der Waals surface area contributed by atoms with E-state index in [1.807, 2.05) is 59.1 Å². The highest BCUT2D eigenvalue weighted by Crippen LogP contribution is 2.17. The van der Waals surface area contributed by atoms with Gasteiger partial charge in [-0.1, -0.05) is 48.2 Å². The van der Waals surface area contributed by atoms with E-state index < -0.39 is 0 Å². The van der Waals surface area contributed by atoms with Gasteiger partial charge in [0.25, 0.3) is 5.91 Å². The molecule has 112 valence electrons. The fraction of sp³-hybridized carbons (Fsp3) is 0.125. The average molecular weight is 313 g/mol. The molecule has 0 saturated heterocycles. The summed E-state index contributed by atoms with van der Waals surface area (Å²) < 4.78 is 1.95. The molecule has 0 radical (unpaired) electrons. The predicted octanol–water partition coefficient (Wildman–Crippen LogP) is 2.67. The second-order valence-electron chi connectivity index (χ2n) is 4.62. The lowest BCUT2D eigenvalue weighted by Gasteiger charge is -2.05. The van der Waals surface area contributed by atoms with E-state index in [1.165, 1.54) is 11.8 Å². The summed E-state index contributed by atoms with van der Waals surface area (Å²) in [4.78, 5) is 21.3. The molecule has 1 amide bonds. The lowest BCUT2D eigenvalue weighted by Crippen LogP contribution is -2.25. The number of benzene rings is 1. The number of pyridine rings is 1. The van der Waals surface area contributed by atoms with E-state index in [2.05, 4.69) is 10.5 Å². The van der Waals surface area contributed by atoms with Crippen molar-refractivity contribution in [2.45, 2.75) is 11.8 Å². The van der Waals surface area contributed by atoms with Gasteiger partial charge < -0.3 is 0 Å². The standard InChI is InChI=1S/C16H15N3O2S/c20-15(18-21-11-13-6-2-1-3-7-13)12-22-16-17-10-14-8-4-5-9-19(14)16/h1-10H,11-12H2,(H,18,20). The number of nitrogens with one attached hydrogen (secondary N) is 1. The molecule has 6 heteroatoms. The molecule has 22 heavy (non-hydrogen) atoms. The third-order valence-electron chi connectivity index (χ3n) is 3.00. The summed E-state index contributed by atoms with van der Waals surface area (Å²) in [6.45, 7) is 0.351. The number of amides is 1. The van der Waals surface area contributed by atoms with Crippen molar-refractivity contribution in [3.63, 3.8) is 0 Å². The van der Waals surface area contributed by atoms with Crippen molar-refractivity contribution in [1.29, 1.82) is 0 Å². The van der Waals surface area contributed by atoms with Crippen LogP contribution in [0.25, 0.3) is 5.52 Å². The van der Waals surface area contributed by atoms with Gasteiger partial charge in [0.15, 0.2) is 5.16 Å². The van der Waals surface area contributed by atoms with Crippen LogP contribution < -0.4 is 5.48 Å². The molecule has 2 aromatic heterocycles. The minimum Gasteiger partial charge on any atom is -0.295 e. The number of fused-ring (bicyclic) bond motifs is 1. The van der Waals surface area contributed by atoms with Gasteiger partial charge in [0.2, 0.25) is 0 Å². The minimum absolute atomic E-state index is 0.186. The molecule has 0 aliphatic rings. The Hall–Kier alpha value is -2.31. The molecule has 2 heterocycles. The highest BCUT2D eigenvalue weighted by atomic mass is 32.2. The van der Waals surface area contributed by atoms with E-state index in [0.717, 1.165) is 16.2 Å². The minimum atomic E-state index is -0.186. The number of rotatable bonds is 6. The maximum Gasteiger partial charge on any atom is 0.254 e. The van der Waals surface area contributed by atoms with Gasteiger partial charge in [-0.2, -0.15) is 0 Å². The van der Waals surface area contributed by atoms with Crippen molar-refractivity contribution in [2.24, 2.45) is 0 Å². The Morgan fingerprint density at radius 2 is 2.00 bits per heavy atom. The maximum absolute atomic E-state index is 11.8. The number of thioether (sulfide) groups is 1. The van der Waals surface area contributed by atoms with Crippen LogP contribution in [0.2, 0.25) is 0 Å². The van der Waals surface area contributed by atoms with Crippen LogP contribution in [0.4, 0.5) is 0 Å². The Labute approximate surface area is 132 Å². The van der Waals surface area contributed by atoms with E-state index in [1.54, 1.807) is 6.20 Å². The summed E-state index contributed by atoms with van der Waals surface area (Å²) in [6.07, 6.45) is 3.71. The molecule has 1 aromatic carbocycles. The zero-order valence-electron chi connectivity index (χ0n) is 11.8. The Kier molecular flexibility index (Phi) is 4.72. The third kappa shape index (κ3) is 3.66. The molecule has 0 spiro atoms. The number of hydrogen-bond donors (Lipinski definition) is 1. The monoisotopic (exact) mass is 313 g/mol. The molecule has 0 fully saturated rings. The van der Waals surface area contributed by atoms with Gasteiger partial charge in [0.1, 0.15) is 0 Å². The smallest absolute Gasteiger partial charge is 0.254 e. The number of hydroxylamine groups is 1. The predicted molar refractivity (Wildman–Crippen MR) is 85.3 cm³/mol. The Bertz CT molecular complexity index is 758. The van der Waals surface area contributed by atoms with E-state index >= 15 is 0 Å². The number of nitrogens with zero attached hydrogens (tertiary/aromatic N) is 2. The quantitative estimate of drug-likeness (QED) is 0.561. The summed E-state index contributed by atoms with van der Waals surface area (Å²) >= 11 is 1.37. The van der Waals surface area contributed by atoms with Crippen molar-refractivity contribution < 1.29 is 9.63 Å². The van der Waals surface area contributed by atoms with E-state index in [4.69, 9.17) is 4.84 Å². The summed E-state index contributed by atoms with van der Waals surface area (Å²) in [6, 6.07) is 15.5. The number of hydrogen-bond acceptors (Lipinski definition) is 4. The van der Waals surface area contributed by atoms with Crippen LogP contribution in [0.15, 0.2) is 66.1 Å². The molecule has 0 atom stereocenters. The lowest BCUT2D eigenvalue weighted by atomic mass is 10.2. The molecular formula is C16H15N3O2S. The maximum atomic E-state index is 11.8. The first kappa shape index (κ1) is 14.6. The summed E-state index contributed by atoms with van der Waals surface area (Å²) in [5, 5.41) is 0.786. The van der Waals surface area contributed by atoms with Crippen molar-refractivity contribution in [1.82, 2.24) is 14.9 Å². The van der Waals surface area contributed by atoms with Gasteiger partial charge in [-0.3, -0.25) is 14.0 Å². The van der Waals surface area contributed by atoms with Gasteiger partial charge >= 0.3 is 0 Å². The lowest BCUT2D eigenvalue weighted by molar-refractivity contribution is -0.131. The molecule has 0 unspecified atom stereocenters. The number of imidazole rings is 1. The molecule has 0 aliphatic carbocycles. The molecule has 0 aliphatic heterocycles. The van der Waals surface area contributed by atoms with Crippen LogP contribution in [-0.2, 0) is 16.2 Å². The average Bonchev–Trinajstić information content (AvgIpc) is 2.97. The molecule has 5 nitrogen and oxygen atoms in total. The fourth-order valence-corrected chi connectivity index (χ4v) is 2.71. The van der Waals surface area contributed by atoms with Crippen LogP contribution in [-0.4, -0.2) is 21.0 Å². The van der Waals surface area contributed by atoms with Crippen molar-refractivity contribution in [3.8, 4) is 0 Å². The first-order chi connectivity index (χ1) is 10.8. The zero-order valence-corrected chi connectivity index (χ0v) is 12.6. The van der Waals surface area contributed by atoms with Crippen LogP contribution in [0.1, 0.15) is 5.56 Å². The summed E-state index contributed by atoms with van der Waals surface area (Å²) in [5.41, 5.74) is 4.46. The van der Waals surface area contributed by atoms with Gasteiger partial charge in [-0.15, -0.1) is 0 Å². The van der Waals surface area contributed by atoms with Gasteiger partial charge in [0.05, 0.1) is 24.1 Å². The molecular weight excluding hydrogens is 298 g/mol. The topological polar surface area (TPSA) is 55.6 Å². The normalized spacial score (nSPS) is 10.7. The fourth-order valence-electron chi connectivity index (χ4n) is 1.96. The number of carbonyl (C=O) groups is 1. The largest absolute Gasteiger partial charge is 0.295 e. The van der Waals surface area contributed by atoms with E-state index in [-0.39, 0.29) is 11.7 Å². The second kappa shape index (κ2) is 7.11. The van der Waals surface area contributed by atoms with Crippen LogP contribution in [0.3, 0.4) is 0 Å². The SMILES string of the molecule is O=C(CSc1ncc2ccccn12)NOCc1ccccc1. The number of aromatic nitrogens is 2. The van der Waals surface area contributed by atoms with Gasteiger partial charge in [-0.25, -0.2) is 10.5 Å². The van der Waals surface area contributed by atoms with Gasteiger partial charge in [0, 0.05) is 6.20 Å². The highest BCUT2D eigenvalue weighted by Gasteiger charge is 2.07.